The Balaban J connectivity index is 2.09. The number of nitrogens with zero attached hydrogens (tertiary/aromatic N) is 5. The summed E-state index contributed by atoms with van der Waals surface area (Å²) in [4.78, 5) is 11.3. The maximum Gasteiger partial charge on any atom is 0.396 e. The average Bonchev–Trinajstić information content (AvgIpc) is 2.99. The first-order valence-corrected chi connectivity index (χ1v) is 6.13. The molecule has 96 valence electrons. The van der Waals surface area contributed by atoms with Crippen molar-refractivity contribution in [3.8, 4) is 0 Å². The number of hydrogen-bond acceptors (Lipinski definition) is 8. The lowest BCUT2D eigenvalue weighted by Gasteiger charge is -1.98. The van der Waals surface area contributed by atoms with Gasteiger partial charge >= 0.3 is 11.9 Å². The van der Waals surface area contributed by atoms with Crippen molar-refractivity contribution in [3.05, 3.63) is 12.1 Å². The van der Waals surface area contributed by atoms with Crippen molar-refractivity contribution in [2.75, 3.05) is 6.61 Å². The molecule has 0 radical (unpaired) electrons. The molecule has 0 aliphatic heterocycles. The number of carbonyl (C=O) groups is 1. The number of rotatable bonds is 5. The van der Waals surface area contributed by atoms with E-state index in [1.807, 2.05) is 6.92 Å². The minimum absolute atomic E-state index is 0.158. The van der Waals surface area contributed by atoms with Crippen LogP contribution >= 0.6 is 11.8 Å². The average molecular weight is 269 g/mol. The summed E-state index contributed by atoms with van der Waals surface area (Å²) in [6.45, 7) is 4.59. The summed E-state index contributed by atoms with van der Waals surface area (Å²) in [5.74, 6) is -0.783. The van der Waals surface area contributed by atoms with Crippen LogP contribution in [0.4, 0.5) is 0 Å². The molecule has 0 N–H and O–H groups in total. The van der Waals surface area contributed by atoms with E-state index in [0.717, 1.165) is 5.03 Å². The van der Waals surface area contributed by atoms with Gasteiger partial charge in [0.2, 0.25) is 0 Å². The van der Waals surface area contributed by atoms with Crippen molar-refractivity contribution >= 4 is 17.7 Å². The molecule has 0 spiro atoms. The zero-order valence-corrected chi connectivity index (χ0v) is 10.7. The molecule has 0 unspecified atom stereocenters. The summed E-state index contributed by atoms with van der Waals surface area (Å²) < 4.78 is 11.6. The Bertz CT molecular complexity index is 538. The number of esters is 1. The molecule has 9 heteroatoms. The largest absolute Gasteiger partial charge is 0.459 e. The van der Waals surface area contributed by atoms with E-state index in [0.29, 0.717) is 6.54 Å². The van der Waals surface area contributed by atoms with Crippen LogP contribution in [0.5, 0.6) is 0 Å². The molecule has 0 fully saturated rings. The molecule has 18 heavy (non-hydrogen) atoms. The van der Waals surface area contributed by atoms with Crippen molar-refractivity contribution in [1.29, 1.82) is 0 Å². The van der Waals surface area contributed by atoms with Crippen LogP contribution in [0, 0.1) is 0 Å². The second-order valence-electron chi connectivity index (χ2n) is 3.08. The summed E-state index contributed by atoms with van der Waals surface area (Å²) in [5, 5.41) is 16.0. The van der Waals surface area contributed by atoms with Crippen LogP contribution in [0.1, 0.15) is 24.5 Å². The molecule has 0 aromatic carbocycles. The van der Waals surface area contributed by atoms with E-state index in [9.17, 15) is 4.79 Å². The molecule has 2 aromatic rings. The predicted molar refractivity (Wildman–Crippen MR) is 60.1 cm³/mol. The summed E-state index contributed by atoms with van der Waals surface area (Å²) in [7, 11) is 0. The molecule has 0 atom stereocenters. The van der Waals surface area contributed by atoms with Gasteiger partial charge in [-0.05, 0) is 25.6 Å². The number of ether oxygens (including phenoxy) is 1. The van der Waals surface area contributed by atoms with Crippen LogP contribution in [-0.2, 0) is 11.3 Å². The molecule has 0 aliphatic rings. The number of aromatic nitrogens is 5. The minimum Gasteiger partial charge on any atom is -0.459 e. The summed E-state index contributed by atoms with van der Waals surface area (Å²) in [6.07, 6.45) is 1.59. The molecule has 0 amide bonds. The lowest BCUT2D eigenvalue weighted by Crippen LogP contribution is -2.04. The van der Waals surface area contributed by atoms with E-state index in [1.54, 1.807) is 17.8 Å². The number of aryl methyl sites for hydroxylation is 1. The molecule has 2 aromatic heterocycles. The lowest BCUT2D eigenvalue weighted by molar-refractivity contribution is 0.0475. The Kier molecular flexibility index (Phi) is 3.92. The molecule has 0 bridgehead atoms. The minimum atomic E-state index is -0.626. The van der Waals surface area contributed by atoms with E-state index >= 15 is 0 Å². The van der Waals surface area contributed by atoms with E-state index in [1.165, 1.54) is 11.8 Å². The molecule has 2 heterocycles. The monoisotopic (exact) mass is 269 g/mol. The fourth-order valence-corrected chi connectivity index (χ4v) is 1.91. The third kappa shape index (κ3) is 2.67. The second kappa shape index (κ2) is 5.63. The summed E-state index contributed by atoms with van der Waals surface area (Å²) >= 11 is 1.19. The van der Waals surface area contributed by atoms with Gasteiger partial charge in [-0.1, -0.05) is 10.3 Å². The normalized spacial score (nSPS) is 10.6. The van der Waals surface area contributed by atoms with E-state index in [-0.39, 0.29) is 17.7 Å². The molecule has 8 nitrogen and oxygen atoms in total. The van der Waals surface area contributed by atoms with Gasteiger partial charge in [-0.2, -0.15) is 0 Å². The molecule has 0 saturated heterocycles. The fraction of sp³-hybridized carbons (Fsp3) is 0.444. The molecule has 0 aliphatic carbocycles. The maximum absolute atomic E-state index is 11.3. The Morgan fingerprint density at radius 3 is 3.06 bits per heavy atom. The van der Waals surface area contributed by atoms with Crippen molar-refractivity contribution in [1.82, 2.24) is 25.2 Å². The lowest BCUT2D eigenvalue weighted by atomic mass is 10.7. The van der Waals surface area contributed by atoms with Gasteiger partial charge in [0.05, 0.1) is 12.8 Å². The van der Waals surface area contributed by atoms with Crippen LogP contribution in [0.15, 0.2) is 20.9 Å². The van der Waals surface area contributed by atoms with Crippen LogP contribution < -0.4 is 0 Å². The maximum atomic E-state index is 11.3. The molecular formula is C9H11N5O3S. The molecular weight excluding hydrogens is 258 g/mol. The SMILES string of the molecule is CCOC(=O)c1nnc(Sc2cnnn2CC)o1. The third-order valence-electron chi connectivity index (χ3n) is 1.93. The Morgan fingerprint density at radius 1 is 1.50 bits per heavy atom. The third-order valence-corrected chi connectivity index (χ3v) is 2.80. The number of hydrogen-bond donors (Lipinski definition) is 0. The van der Waals surface area contributed by atoms with Gasteiger partial charge < -0.3 is 9.15 Å². The fourth-order valence-electron chi connectivity index (χ4n) is 1.16. The smallest absolute Gasteiger partial charge is 0.396 e. The standard InChI is InChI=1S/C9H11N5O3S/c1-3-14-6(5-10-13-14)18-9-12-11-7(17-9)8(15)16-4-2/h5H,3-4H2,1-2H3. The van der Waals surface area contributed by atoms with Crippen molar-refractivity contribution in [2.24, 2.45) is 0 Å². The Morgan fingerprint density at radius 2 is 2.33 bits per heavy atom. The summed E-state index contributed by atoms with van der Waals surface area (Å²) in [6, 6.07) is 0. The highest BCUT2D eigenvalue weighted by Crippen LogP contribution is 2.25. The van der Waals surface area contributed by atoms with Crippen LogP contribution in [0.25, 0.3) is 0 Å². The second-order valence-corrected chi connectivity index (χ2v) is 4.06. The topological polar surface area (TPSA) is 95.9 Å². The zero-order chi connectivity index (χ0) is 13.0. The van der Waals surface area contributed by atoms with Gasteiger partial charge in [-0.3, -0.25) is 0 Å². The van der Waals surface area contributed by atoms with Gasteiger partial charge in [0.1, 0.15) is 5.03 Å². The first-order chi connectivity index (χ1) is 8.74. The number of carbonyl (C=O) groups excluding carboxylic acids is 1. The van der Waals surface area contributed by atoms with Crippen LogP contribution in [0.3, 0.4) is 0 Å². The van der Waals surface area contributed by atoms with E-state index < -0.39 is 5.97 Å². The Hall–Kier alpha value is -1.90. The first-order valence-electron chi connectivity index (χ1n) is 5.31. The predicted octanol–water partition coefficient (Wildman–Crippen LogP) is 1.01. The molecule has 0 saturated carbocycles. The highest BCUT2D eigenvalue weighted by molar-refractivity contribution is 7.99. The van der Waals surface area contributed by atoms with Crippen LogP contribution in [-0.4, -0.2) is 37.8 Å². The van der Waals surface area contributed by atoms with Gasteiger partial charge in [0.25, 0.3) is 5.22 Å². The van der Waals surface area contributed by atoms with Gasteiger partial charge in [0.15, 0.2) is 0 Å². The highest BCUT2D eigenvalue weighted by Gasteiger charge is 2.17. The summed E-state index contributed by atoms with van der Waals surface area (Å²) in [5.41, 5.74) is 0. The van der Waals surface area contributed by atoms with Gasteiger partial charge in [-0.25, -0.2) is 9.48 Å². The van der Waals surface area contributed by atoms with Gasteiger partial charge in [-0.15, -0.1) is 10.2 Å². The Labute approximate surface area is 107 Å². The van der Waals surface area contributed by atoms with Crippen molar-refractivity contribution < 1.29 is 13.9 Å². The van der Waals surface area contributed by atoms with Gasteiger partial charge in [0, 0.05) is 6.54 Å². The quantitative estimate of drug-likeness (QED) is 0.742. The zero-order valence-electron chi connectivity index (χ0n) is 9.86. The highest BCUT2D eigenvalue weighted by atomic mass is 32.2. The van der Waals surface area contributed by atoms with E-state index in [4.69, 9.17) is 9.15 Å². The van der Waals surface area contributed by atoms with Crippen LogP contribution in [0.2, 0.25) is 0 Å². The van der Waals surface area contributed by atoms with E-state index in [2.05, 4.69) is 20.5 Å². The van der Waals surface area contributed by atoms with Crippen molar-refractivity contribution in [2.45, 2.75) is 30.6 Å². The molecule has 2 rings (SSSR count). The van der Waals surface area contributed by atoms with Crippen molar-refractivity contribution in [3.63, 3.8) is 0 Å². The first kappa shape index (κ1) is 12.6.